The molecule has 1 N–H and O–H groups in total. The maximum absolute atomic E-state index is 12.7. The van der Waals surface area contributed by atoms with Crippen molar-refractivity contribution < 1.29 is 23.9 Å². The van der Waals surface area contributed by atoms with Crippen LogP contribution in [0, 0.1) is 0 Å². The predicted octanol–water partition coefficient (Wildman–Crippen LogP) is 1.68. The molecule has 8 heteroatoms. The highest BCUT2D eigenvalue weighted by Crippen LogP contribution is 2.32. The van der Waals surface area contributed by atoms with Crippen molar-refractivity contribution in [3.63, 3.8) is 0 Å². The standard InChI is InChI=1S/C23H23N3O5/c27-21-13-25(23(29)18-2-1-9-26(18)21)12-15-3-6-17(7-4-15)22(28)24-11-16-5-8-19-20(10-16)31-14-30-19/h3-8,10,18H,1-2,9,11-14H2,(H,24,28). The second kappa shape index (κ2) is 7.94. The lowest BCUT2D eigenvalue weighted by atomic mass is 10.1. The lowest BCUT2D eigenvalue weighted by Gasteiger charge is -2.36. The van der Waals surface area contributed by atoms with Gasteiger partial charge in [0.2, 0.25) is 18.6 Å². The fraction of sp³-hybridized carbons (Fsp3) is 0.348. The van der Waals surface area contributed by atoms with Crippen molar-refractivity contribution in [1.29, 1.82) is 0 Å². The number of carbonyl (C=O) groups is 3. The van der Waals surface area contributed by atoms with Gasteiger partial charge in [0.25, 0.3) is 5.91 Å². The third-order valence-corrected chi connectivity index (χ3v) is 5.98. The molecule has 0 spiro atoms. The van der Waals surface area contributed by atoms with Gasteiger partial charge in [0.1, 0.15) is 12.6 Å². The summed E-state index contributed by atoms with van der Waals surface area (Å²) in [7, 11) is 0. The molecular weight excluding hydrogens is 398 g/mol. The molecule has 0 saturated carbocycles. The van der Waals surface area contributed by atoms with Crippen LogP contribution >= 0.6 is 0 Å². The quantitative estimate of drug-likeness (QED) is 0.794. The Morgan fingerprint density at radius 3 is 2.65 bits per heavy atom. The largest absolute Gasteiger partial charge is 0.454 e. The van der Waals surface area contributed by atoms with Crippen molar-refractivity contribution in [3.8, 4) is 11.5 Å². The van der Waals surface area contributed by atoms with Crippen molar-refractivity contribution in [1.82, 2.24) is 15.1 Å². The van der Waals surface area contributed by atoms with E-state index in [2.05, 4.69) is 5.32 Å². The topological polar surface area (TPSA) is 88.2 Å². The first-order chi connectivity index (χ1) is 15.1. The zero-order valence-electron chi connectivity index (χ0n) is 17.0. The minimum atomic E-state index is -0.303. The van der Waals surface area contributed by atoms with Gasteiger partial charge in [-0.1, -0.05) is 18.2 Å². The number of benzene rings is 2. The number of rotatable bonds is 5. The van der Waals surface area contributed by atoms with Gasteiger partial charge in [-0.25, -0.2) is 0 Å². The fourth-order valence-corrected chi connectivity index (χ4v) is 4.32. The maximum atomic E-state index is 12.7. The molecule has 8 nitrogen and oxygen atoms in total. The Morgan fingerprint density at radius 1 is 1.03 bits per heavy atom. The molecule has 0 bridgehead atoms. The summed E-state index contributed by atoms with van der Waals surface area (Å²) in [5.74, 6) is 1.24. The van der Waals surface area contributed by atoms with Crippen LogP contribution in [0.1, 0.15) is 34.3 Å². The average molecular weight is 421 g/mol. The summed E-state index contributed by atoms with van der Waals surface area (Å²) >= 11 is 0. The molecule has 3 amide bonds. The number of nitrogens with zero attached hydrogens (tertiary/aromatic N) is 2. The zero-order chi connectivity index (χ0) is 21.4. The first-order valence-electron chi connectivity index (χ1n) is 10.4. The molecule has 2 aromatic carbocycles. The molecule has 2 saturated heterocycles. The summed E-state index contributed by atoms with van der Waals surface area (Å²) in [6.07, 6.45) is 1.62. The monoisotopic (exact) mass is 421 g/mol. The normalized spacial score (nSPS) is 19.5. The molecule has 2 aromatic rings. The predicted molar refractivity (Wildman–Crippen MR) is 110 cm³/mol. The molecule has 0 aromatic heterocycles. The summed E-state index contributed by atoms with van der Waals surface area (Å²) in [6.45, 7) is 1.76. The number of fused-ring (bicyclic) bond motifs is 2. The summed E-state index contributed by atoms with van der Waals surface area (Å²) in [6, 6.07) is 12.4. The van der Waals surface area contributed by atoms with Gasteiger partial charge in [0.15, 0.2) is 11.5 Å². The van der Waals surface area contributed by atoms with Crippen LogP contribution in [0.2, 0.25) is 0 Å². The number of ether oxygens (including phenoxy) is 2. The smallest absolute Gasteiger partial charge is 0.251 e. The minimum absolute atomic E-state index is 0.0154. The van der Waals surface area contributed by atoms with Crippen molar-refractivity contribution in [3.05, 3.63) is 59.2 Å². The molecule has 5 rings (SSSR count). The van der Waals surface area contributed by atoms with E-state index in [1.807, 2.05) is 30.3 Å². The summed E-state index contributed by atoms with van der Waals surface area (Å²) in [4.78, 5) is 40.8. The van der Waals surface area contributed by atoms with E-state index in [0.717, 1.165) is 24.0 Å². The molecule has 31 heavy (non-hydrogen) atoms. The van der Waals surface area contributed by atoms with E-state index in [1.54, 1.807) is 21.9 Å². The van der Waals surface area contributed by atoms with E-state index in [9.17, 15) is 14.4 Å². The highest BCUT2D eigenvalue weighted by atomic mass is 16.7. The molecule has 3 aliphatic heterocycles. The summed E-state index contributed by atoms with van der Waals surface area (Å²) in [5, 5.41) is 2.90. The highest BCUT2D eigenvalue weighted by Gasteiger charge is 2.41. The van der Waals surface area contributed by atoms with Gasteiger partial charge in [-0.15, -0.1) is 0 Å². The Bertz CT molecular complexity index is 1040. The molecule has 1 unspecified atom stereocenters. The van der Waals surface area contributed by atoms with Gasteiger partial charge < -0.3 is 24.6 Å². The van der Waals surface area contributed by atoms with Crippen LogP contribution < -0.4 is 14.8 Å². The number of hydrogen-bond donors (Lipinski definition) is 1. The fourth-order valence-electron chi connectivity index (χ4n) is 4.32. The number of amides is 3. The van der Waals surface area contributed by atoms with Crippen LogP contribution in [0.3, 0.4) is 0 Å². The van der Waals surface area contributed by atoms with Gasteiger partial charge in [-0.2, -0.15) is 0 Å². The Labute approximate surface area is 179 Å². The second-order valence-electron chi connectivity index (χ2n) is 8.01. The van der Waals surface area contributed by atoms with E-state index in [4.69, 9.17) is 9.47 Å². The van der Waals surface area contributed by atoms with E-state index < -0.39 is 0 Å². The minimum Gasteiger partial charge on any atom is -0.454 e. The molecule has 2 fully saturated rings. The molecule has 3 aliphatic rings. The SMILES string of the molecule is O=C(NCc1ccc2c(c1)OCO2)c1ccc(CN2CC(=O)N3CCCC3C2=O)cc1. The van der Waals surface area contributed by atoms with Gasteiger partial charge in [0, 0.05) is 25.2 Å². The summed E-state index contributed by atoms with van der Waals surface area (Å²) < 4.78 is 10.6. The van der Waals surface area contributed by atoms with Crippen molar-refractivity contribution in [2.45, 2.75) is 32.0 Å². The first-order valence-corrected chi connectivity index (χ1v) is 10.4. The van der Waals surface area contributed by atoms with Crippen molar-refractivity contribution in [2.75, 3.05) is 19.9 Å². The van der Waals surface area contributed by atoms with Crippen LogP contribution in [-0.4, -0.2) is 53.4 Å². The van der Waals surface area contributed by atoms with E-state index in [1.165, 1.54) is 0 Å². The lowest BCUT2D eigenvalue weighted by molar-refractivity contribution is -0.154. The van der Waals surface area contributed by atoms with E-state index >= 15 is 0 Å². The highest BCUT2D eigenvalue weighted by molar-refractivity contribution is 5.95. The molecular formula is C23H23N3O5. The molecule has 0 aliphatic carbocycles. The molecule has 0 radical (unpaired) electrons. The first kappa shape index (κ1) is 19.4. The van der Waals surface area contributed by atoms with Crippen LogP contribution in [0.25, 0.3) is 0 Å². The van der Waals surface area contributed by atoms with Crippen molar-refractivity contribution >= 4 is 17.7 Å². The molecule has 3 heterocycles. The Kier molecular flexibility index (Phi) is 4.97. The van der Waals surface area contributed by atoms with Crippen LogP contribution in [0.5, 0.6) is 11.5 Å². The number of nitrogens with one attached hydrogen (secondary N) is 1. The average Bonchev–Trinajstić information content (AvgIpc) is 3.46. The van der Waals surface area contributed by atoms with E-state index in [-0.39, 0.29) is 37.1 Å². The van der Waals surface area contributed by atoms with Gasteiger partial charge in [-0.3, -0.25) is 14.4 Å². The molecule has 160 valence electrons. The summed E-state index contributed by atoms with van der Waals surface area (Å²) in [5.41, 5.74) is 2.34. The van der Waals surface area contributed by atoms with Gasteiger partial charge >= 0.3 is 0 Å². The number of carbonyl (C=O) groups excluding carboxylic acids is 3. The lowest BCUT2D eigenvalue weighted by Crippen LogP contribution is -2.56. The zero-order valence-corrected chi connectivity index (χ0v) is 17.0. The van der Waals surface area contributed by atoms with Crippen LogP contribution in [0.15, 0.2) is 42.5 Å². The Hall–Kier alpha value is -3.55. The van der Waals surface area contributed by atoms with Crippen molar-refractivity contribution in [2.24, 2.45) is 0 Å². The van der Waals surface area contributed by atoms with Gasteiger partial charge in [0.05, 0.1) is 0 Å². The third kappa shape index (κ3) is 3.81. The Balaban J connectivity index is 1.18. The number of piperazine rings is 1. The second-order valence-corrected chi connectivity index (χ2v) is 8.01. The molecule has 1 atom stereocenters. The Morgan fingerprint density at radius 2 is 1.81 bits per heavy atom. The van der Waals surface area contributed by atoms with Gasteiger partial charge in [-0.05, 0) is 48.2 Å². The maximum Gasteiger partial charge on any atom is 0.251 e. The number of hydrogen-bond acceptors (Lipinski definition) is 5. The van der Waals surface area contributed by atoms with Crippen LogP contribution in [0.4, 0.5) is 0 Å². The van der Waals surface area contributed by atoms with Crippen LogP contribution in [-0.2, 0) is 22.7 Å². The third-order valence-electron chi connectivity index (χ3n) is 5.98. The van der Waals surface area contributed by atoms with E-state index in [0.29, 0.717) is 36.7 Å².